The van der Waals surface area contributed by atoms with E-state index in [0.717, 1.165) is 14.9 Å². The molecule has 2 aromatic heterocycles. The average molecular weight is 353 g/mol. The molecule has 3 heterocycles. The van der Waals surface area contributed by atoms with E-state index in [4.69, 9.17) is 4.74 Å². The molecule has 20 heavy (non-hydrogen) atoms. The van der Waals surface area contributed by atoms with Gasteiger partial charge in [-0.3, -0.25) is 4.79 Å². The quantitative estimate of drug-likeness (QED) is 0.852. The molecule has 0 unspecified atom stereocenters. The van der Waals surface area contributed by atoms with E-state index in [1.54, 1.807) is 11.1 Å². The summed E-state index contributed by atoms with van der Waals surface area (Å²) in [6, 6.07) is 5.65. The van der Waals surface area contributed by atoms with Crippen LogP contribution in [0.2, 0.25) is 0 Å². The van der Waals surface area contributed by atoms with Gasteiger partial charge in [0.05, 0.1) is 22.4 Å². The van der Waals surface area contributed by atoms with E-state index in [2.05, 4.69) is 20.9 Å². The minimum Gasteiger partial charge on any atom is -0.470 e. The lowest BCUT2D eigenvalue weighted by Gasteiger charge is -2.38. The van der Waals surface area contributed by atoms with E-state index in [1.807, 2.05) is 30.5 Å². The van der Waals surface area contributed by atoms with E-state index in [1.165, 1.54) is 11.3 Å². The maximum Gasteiger partial charge on any atom is 0.264 e. The number of likely N-dealkylation sites (tertiary alicyclic amines) is 1. The van der Waals surface area contributed by atoms with Gasteiger partial charge in [-0.25, -0.2) is 4.98 Å². The van der Waals surface area contributed by atoms with Crippen LogP contribution in [0.15, 0.2) is 34.2 Å². The zero-order valence-corrected chi connectivity index (χ0v) is 13.3. The molecule has 0 atom stereocenters. The van der Waals surface area contributed by atoms with Crippen molar-refractivity contribution in [1.29, 1.82) is 0 Å². The molecule has 6 heteroatoms. The highest BCUT2D eigenvalue weighted by molar-refractivity contribution is 9.10. The molecule has 1 aliphatic rings. The topological polar surface area (TPSA) is 42.4 Å². The molecule has 0 spiro atoms. The Balaban J connectivity index is 1.57. The van der Waals surface area contributed by atoms with Crippen LogP contribution in [0.1, 0.15) is 15.2 Å². The predicted octanol–water partition coefficient (Wildman–Crippen LogP) is 3.12. The zero-order valence-electron chi connectivity index (χ0n) is 10.9. The van der Waals surface area contributed by atoms with E-state index in [0.29, 0.717) is 19.0 Å². The Bertz CT molecular complexity index is 638. The van der Waals surface area contributed by atoms with Crippen molar-refractivity contribution in [3.63, 3.8) is 0 Å². The Morgan fingerprint density at radius 1 is 1.55 bits per heavy atom. The number of hydrogen-bond acceptors (Lipinski definition) is 4. The first-order valence-electron chi connectivity index (χ1n) is 6.25. The van der Waals surface area contributed by atoms with E-state index in [-0.39, 0.29) is 12.0 Å². The summed E-state index contributed by atoms with van der Waals surface area (Å²) in [4.78, 5) is 18.9. The number of amides is 1. The second kappa shape index (κ2) is 5.54. The summed E-state index contributed by atoms with van der Waals surface area (Å²) in [5.74, 6) is 0.666. The van der Waals surface area contributed by atoms with Gasteiger partial charge in [-0.2, -0.15) is 0 Å². The van der Waals surface area contributed by atoms with Gasteiger partial charge in [-0.05, 0) is 52.0 Å². The lowest BCUT2D eigenvalue weighted by atomic mass is 10.1. The van der Waals surface area contributed by atoms with Crippen LogP contribution in [0.4, 0.5) is 0 Å². The van der Waals surface area contributed by atoms with Gasteiger partial charge < -0.3 is 9.64 Å². The van der Waals surface area contributed by atoms with Crippen LogP contribution in [0.3, 0.4) is 0 Å². The third-order valence-corrected chi connectivity index (χ3v) is 4.72. The standard InChI is InChI=1S/C14H13BrN2O2S/c1-9-5-12(20-8-9)14(18)17-6-10(7-17)19-13-11(15)3-2-4-16-13/h2-5,8,10H,6-7H2,1H3. The molecule has 1 amide bonds. The van der Waals surface area contributed by atoms with Crippen molar-refractivity contribution in [1.82, 2.24) is 9.88 Å². The summed E-state index contributed by atoms with van der Waals surface area (Å²) < 4.78 is 6.59. The summed E-state index contributed by atoms with van der Waals surface area (Å²) in [6.45, 7) is 3.21. The Labute approximate surface area is 129 Å². The molecular weight excluding hydrogens is 340 g/mol. The summed E-state index contributed by atoms with van der Waals surface area (Å²) in [6.07, 6.45) is 1.71. The van der Waals surface area contributed by atoms with Crippen LogP contribution < -0.4 is 4.74 Å². The second-order valence-corrected chi connectivity index (χ2v) is 6.49. The highest BCUT2D eigenvalue weighted by Gasteiger charge is 2.33. The number of rotatable bonds is 3. The van der Waals surface area contributed by atoms with Gasteiger partial charge in [0.2, 0.25) is 5.88 Å². The SMILES string of the molecule is Cc1csc(C(=O)N2CC(Oc3ncccc3Br)C2)c1. The Kier molecular flexibility index (Phi) is 3.76. The van der Waals surface area contributed by atoms with Crippen molar-refractivity contribution in [3.8, 4) is 5.88 Å². The number of carbonyl (C=O) groups excluding carboxylic acids is 1. The van der Waals surface area contributed by atoms with Crippen LogP contribution in [-0.2, 0) is 0 Å². The van der Waals surface area contributed by atoms with Crippen molar-refractivity contribution in [2.24, 2.45) is 0 Å². The van der Waals surface area contributed by atoms with Gasteiger partial charge in [-0.15, -0.1) is 11.3 Å². The van der Waals surface area contributed by atoms with Crippen molar-refractivity contribution in [2.45, 2.75) is 13.0 Å². The van der Waals surface area contributed by atoms with Gasteiger partial charge in [0, 0.05) is 6.20 Å². The number of carbonyl (C=O) groups is 1. The first-order chi connectivity index (χ1) is 9.63. The number of aromatic nitrogens is 1. The Morgan fingerprint density at radius 2 is 2.35 bits per heavy atom. The van der Waals surface area contributed by atoms with Crippen molar-refractivity contribution >= 4 is 33.2 Å². The van der Waals surface area contributed by atoms with Crippen LogP contribution in [0, 0.1) is 6.92 Å². The number of halogens is 1. The van der Waals surface area contributed by atoms with Crippen LogP contribution in [-0.4, -0.2) is 35.0 Å². The first-order valence-corrected chi connectivity index (χ1v) is 7.92. The minimum absolute atomic E-state index is 0.0196. The fraction of sp³-hybridized carbons (Fsp3) is 0.286. The first kappa shape index (κ1) is 13.6. The largest absolute Gasteiger partial charge is 0.470 e. The number of pyridine rings is 1. The molecule has 3 rings (SSSR count). The molecule has 104 valence electrons. The monoisotopic (exact) mass is 352 g/mol. The number of hydrogen-bond donors (Lipinski definition) is 0. The fourth-order valence-corrected chi connectivity index (χ4v) is 3.21. The third-order valence-electron chi connectivity index (χ3n) is 3.08. The maximum absolute atomic E-state index is 12.2. The second-order valence-electron chi connectivity index (χ2n) is 4.73. The third kappa shape index (κ3) is 2.71. The van der Waals surface area contributed by atoms with Crippen molar-refractivity contribution in [3.05, 3.63) is 44.7 Å². The van der Waals surface area contributed by atoms with E-state index >= 15 is 0 Å². The van der Waals surface area contributed by atoms with Crippen molar-refractivity contribution in [2.75, 3.05) is 13.1 Å². The number of nitrogens with zero attached hydrogens (tertiary/aromatic N) is 2. The lowest BCUT2D eigenvalue weighted by molar-refractivity contribution is 0.0160. The summed E-state index contributed by atoms with van der Waals surface area (Å²) in [7, 11) is 0. The molecule has 2 aromatic rings. The van der Waals surface area contributed by atoms with Gasteiger partial charge in [-0.1, -0.05) is 0 Å². The lowest BCUT2D eigenvalue weighted by Crippen LogP contribution is -2.56. The summed E-state index contributed by atoms with van der Waals surface area (Å²) in [5.41, 5.74) is 1.13. The molecule has 4 nitrogen and oxygen atoms in total. The van der Waals surface area contributed by atoms with Crippen LogP contribution in [0.25, 0.3) is 0 Å². The number of aryl methyl sites for hydroxylation is 1. The highest BCUT2D eigenvalue weighted by atomic mass is 79.9. The number of ether oxygens (including phenoxy) is 1. The molecule has 0 saturated carbocycles. The van der Waals surface area contributed by atoms with Crippen LogP contribution >= 0.6 is 27.3 Å². The van der Waals surface area contributed by atoms with Gasteiger partial charge in [0.25, 0.3) is 5.91 Å². The molecule has 0 N–H and O–H groups in total. The smallest absolute Gasteiger partial charge is 0.264 e. The van der Waals surface area contributed by atoms with Crippen LogP contribution in [0.5, 0.6) is 5.88 Å². The predicted molar refractivity (Wildman–Crippen MR) is 81.3 cm³/mol. The maximum atomic E-state index is 12.2. The Hall–Kier alpha value is -1.40. The molecule has 0 radical (unpaired) electrons. The van der Waals surface area contributed by atoms with E-state index in [9.17, 15) is 4.79 Å². The van der Waals surface area contributed by atoms with Crippen molar-refractivity contribution < 1.29 is 9.53 Å². The molecule has 0 bridgehead atoms. The minimum atomic E-state index is 0.0196. The average Bonchev–Trinajstić information content (AvgIpc) is 2.81. The highest BCUT2D eigenvalue weighted by Crippen LogP contribution is 2.26. The Morgan fingerprint density at radius 3 is 3.00 bits per heavy atom. The molecule has 1 fully saturated rings. The molecule has 1 aliphatic heterocycles. The molecule has 1 saturated heterocycles. The summed E-state index contributed by atoms with van der Waals surface area (Å²) >= 11 is 4.89. The summed E-state index contributed by atoms with van der Waals surface area (Å²) in [5, 5.41) is 1.99. The van der Waals surface area contributed by atoms with Gasteiger partial charge in [0.1, 0.15) is 6.10 Å². The number of thiophene rings is 1. The molecule has 0 aliphatic carbocycles. The normalized spacial score (nSPS) is 15.0. The zero-order chi connectivity index (χ0) is 14.1. The van der Waals surface area contributed by atoms with Gasteiger partial charge in [0.15, 0.2) is 0 Å². The fourth-order valence-electron chi connectivity index (χ4n) is 1.99. The van der Waals surface area contributed by atoms with E-state index < -0.39 is 0 Å². The molecule has 0 aromatic carbocycles. The van der Waals surface area contributed by atoms with Gasteiger partial charge >= 0.3 is 0 Å². The molecular formula is C14H13BrN2O2S.